The average molecular weight is 334 g/mol. The maximum atomic E-state index is 2.34. The van der Waals surface area contributed by atoms with Crippen molar-refractivity contribution >= 4 is 32.3 Å². The van der Waals surface area contributed by atoms with Gasteiger partial charge in [-0.15, -0.1) is 0 Å². The van der Waals surface area contributed by atoms with Crippen molar-refractivity contribution in [3.8, 4) is 11.1 Å². The van der Waals surface area contributed by atoms with Gasteiger partial charge >= 0.3 is 0 Å². The lowest BCUT2D eigenvalue weighted by Crippen LogP contribution is -1.85. The van der Waals surface area contributed by atoms with Gasteiger partial charge in [0.25, 0.3) is 0 Å². The van der Waals surface area contributed by atoms with Crippen LogP contribution in [0, 0.1) is 6.92 Å². The Balaban J connectivity index is 0.00000168. The molecule has 0 N–H and O–H groups in total. The Morgan fingerprint density at radius 3 is 1.38 bits per heavy atom. The van der Waals surface area contributed by atoms with Crippen LogP contribution in [0.4, 0.5) is 0 Å². The predicted octanol–water partition coefficient (Wildman–Crippen LogP) is 7.76. The quantitative estimate of drug-likeness (QED) is 0.275. The summed E-state index contributed by atoms with van der Waals surface area (Å²) in [7, 11) is 0. The lowest BCUT2D eigenvalue weighted by atomic mass is 9.92. The van der Waals surface area contributed by atoms with Gasteiger partial charge in [0, 0.05) is 0 Å². The van der Waals surface area contributed by atoms with Gasteiger partial charge in [0.15, 0.2) is 0 Å². The van der Waals surface area contributed by atoms with Crippen molar-refractivity contribution in [1.29, 1.82) is 0 Å². The molecule has 0 aliphatic rings. The molecule has 5 aromatic rings. The Kier molecular flexibility index (Phi) is 3.97. The molecule has 0 spiro atoms. The SMILES string of the molecule is C.Cc1ccc(-c2ccc3c4ccccc4c4ccccc4c3c2)cc1. The van der Waals surface area contributed by atoms with E-state index < -0.39 is 0 Å². The first kappa shape index (κ1) is 16.4. The van der Waals surface area contributed by atoms with Gasteiger partial charge in [-0.3, -0.25) is 0 Å². The van der Waals surface area contributed by atoms with Gasteiger partial charge in [0.1, 0.15) is 0 Å². The highest BCUT2D eigenvalue weighted by Gasteiger charge is 2.09. The highest BCUT2D eigenvalue weighted by atomic mass is 14.1. The summed E-state index contributed by atoms with van der Waals surface area (Å²) in [4.78, 5) is 0. The van der Waals surface area contributed by atoms with Crippen molar-refractivity contribution in [2.45, 2.75) is 14.4 Å². The van der Waals surface area contributed by atoms with E-state index in [1.807, 2.05) is 0 Å². The molecule has 5 aromatic carbocycles. The van der Waals surface area contributed by atoms with Crippen LogP contribution in [0.1, 0.15) is 13.0 Å². The van der Waals surface area contributed by atoms with E-state index in [1.165, 1.54) is 49.0 Å². The second-order valence-corrected chi connectivity index (χ2v) is 6.72. The topological polar surface area (TPSA) is 0 Å². The number of hydrogen-bond acceptors (Lipinski definition) is 0. The Labute approximate surface area is 154 Å². The monoisotopic (exact) mass is 334 g/mol. The van der Waals surface area contributed by atoms with Crippen LogP contribution in [-0.4, -0.2) is 0 Å². The molecular weight excluding hydrogens is 312 g/mol. The van der Waals surface area contributed by atoms with E-state index in [-0.39, 0.29) is 7.43 Å². The lowest BCUT2D eigenvalue weighted by Gasteiger charge is -2.12. The summed E-state index contributed by atoms with van der Waals surface area (Å²) < 4.78 is 0. The van der Waals surface area contributed by atoms with Crippen LogP contribution in [0.15, 0.2) is 91.0 Å². The predicted molar refractivity (Wildman–Crippen MR) is 116 cm³/mol. The number of benzene rings is 5. The third-order valence-corrected chi connectivity index (χ3v) is 5.13. The van der Waals surface area contributed by atoms with Crippen LogP contribution in [0.25, 0.3) is 43.4 Å². The van der Waals surface area contributed by atoms with Crippen molar-refractivity contribution in [1.82, 2.24) is 0 Å². The average Bonchev–Trinajstić information content (AvgIpc) is 2.68. The van der Waals surface area contributed by atoms with Crippen LogP contribution in [0.5, 0.6) is 0 Å². The van der Waals surface area contributed by atoms with Crippen molar-refractivity contribution in [3.05, 3.63) is 96.6 Å². The molecule has 0 fully saturated rings. The molecule has 0 aliphatic heterocycles. The number of fused-ring (bicyclic) bond motifs is 6. The number of aryl methyl sites for hydroxylation is 1. The zero-order chi connectivity index (χ0) is 16.8. The molecule has 0 aromatic heterocycles. The van der Waals surface area contributed by atoms with E-state index in [2.05, 4.69) is 97.9 Å². The second-order valence-electron chi connectivity index (χ2n) is 6.72. The highest BCUT2D eigenvalue weighted by molar-refractivity contribution is 6.25. The number of hydrogen-bond donors (Lipinski definition) is 0. The van der Waals surface area contributed by atoms with E-state index in [9.17, 15) is 0 Å². The summed E-state index contributed by atoms with van der Waals surface area (Å²) in [5, 5.41) is 7.95. The van der Waals surface area contributed by atoms with Gasteiger partial charge < -0.3 is 0 Å². The summed E-state index contributed by atoms with van der Waals surface area (Å²) in [6.07, 6.45) is 0. The van der Waals surface area contributed by atoms with Crippen molar-refractivity contribution < 1.29 is 0 Å². The molecular formula is C26H22. The molecule has 0 bridgehead atoms. The maximum absolute atomic E-state index is 2.34. The Morgan fingerprint density at radius 2 is 0.846 bits per heavy atom. The van der Waals surface area contributed by atoms with Crippen molar-refractivity contribution in [3.63, 3.8) is 0 Å². The molecule has 0 saturated carbocycles. The normalized spacial score (nSPS) is 11.0. The first-order valence-corrected chi connectivity index (χ1v) is 8.71. The van der Waals surface area contributed by atoms with Gasteiger partial charge in [-0.1, -0.05) is 97.9 Å². The molecule has 126 valence electrons. The summed E-state index contributed by atoms with van der Waals surface area (Å²) in [6, 6.07) is 33.1. The Morgan fingerprint density at radius 1 is 0.423 bits per heavy atom. The number of rotatable bonds is 1. The smallest absolute Gasteiger partial charge is 0.00928 e. The first-order valence-electron chi connectivity index (χ1n) is 8.71. The van der Waals surface area contributed by atoms with Crippen LogP contribution >= 0.6 is 0 Å². The standard InChI is InChI=1S/C25H18.CH4/c1-17-10-12-18(13-11-17)19-14-15-24-22-8-3-2-6-20(22)21-7-4-5-9-23(21)25(24)16-19;/h2-16H,1H3;1H4. The molecule has 5 rings (SSSR count). The Hall–Kier alpha value is -3.12. The highest BCUT2D eigenvalue weighted by Crippen LogP contribution is 2.36. The minimum atomic E-state index is 0. The molecule has 0 radical (unpaired) electrons. The summed E-state index contributed by atoms with van der Waals surface area (Å²) >= 11 is 0. The van der Waals surface area contributed by atoms with E-state index in [4.69, 9.17) is 0 Å². The molecule has 0 amide bonds. The zero-order valence-corrected chi connectivity index (χ0v) is 14.2. The fourth-order valence-electron chi connectivity index (χ4n) is 3.83. The maximum Gasteiger partial charge on any atom is -0.00928 e. The third-order valence-electron chi connectivity index (χ3n) is 5.13. The largest absolute Gasteiger partial charge is 0.0776 e. The lowest BCUT2D eigenvalue weighted by molar-refractivity contribution is 1.47. The fraction of sp³-hybridized carbons (Fsp3) is 0.0769. The molecule has 0 unspecified atom stereocenters. The zero-order valence-electron chi connectivity index (χ0n) is 14.2. The first-order chi connectivity index (χ1) is 12.3. The molecule has 26 heavy (non-hydrogen) atoms. The van der Waals surface area contributed by atoms with Crippen LogP contribution in [0.3, 0.4) is 0 Å². The summed E-state index contributed by atoms with van der Waals surface area (Å²) in [5.41, 5.74) is 3.83. The molecule has 0 atom stereocenters. The van der Waals surface area contributed by atoms with E-state index in [1.54, 1.807) is 0 Å². The van der Waals surface area contributed by atoms with Gasteiger partial charge in [-0.2, -0.15) is 0 Å². The van der Waals surface area contributed by atoms with Crippen LogP contribution < -0.4 is 0 Å². The van der Waals surface area contributed by atoms with Crippen LogP contribution in [-0.2, 0) is 0 Å². The van der Waals surface area contributed by atoms with Crippen molar-refractivity contribution in [2.24, 2.45) is 0 Å². The van der Waals surface area contributed by atoms with Crippen LogP contribution in [0.2, 0.25) is 0 Å². The third kappa shape index (κ3) is 2.46. The molecule has 0 heteroatoms. The summed E-state index contributed by atoms with van der Waals surface area (Å²) in [5.74, 6) is 0. The van der Waals surface area contributed by atoms with E-state index in [0.717, 1.165) is 0 Å². The minimum absolute atomic E-state index is 0. The van der Waals surface area contributed by atoms with Crippen molar-refractivity contribution in [2.75, 3.05) is 0 Å². The van der Waals surface area contributed by atoms with E-state index in [0.29, 0.717) is 0 Å². The van der Waals surface area contributed by atoms with Gasteiger partial charge in [-0.05, 0) is 56.4 Å². The van der Waals surface area contributed by atoms with Gasteiger partial charge in [0.2, 0.25) is 0 Å². The molecule has 0 saturated heterocycles. The Bertz CT molecular complexity index is 1190. The fourth-order valence-corrected chi connectivity index (χ4v) is 3.83. The van der Waals surface area contributed by atoms with Gasteiger partial charge in [-0.25, -0.2) is 0 Å². The molecule has 0 aliphatic carbocycles. The van der Waals surface area contributed by atoms with E-state index >= 15 is 0 Å². The second kappa shape index (κ2) is 6.31. The molecule has 0 heterocycles. The summed E-state index contributed by atoms with van der Waals surface area (Å²) in [6.45, 7) is 2.13. The van der Waals surface area contributed by atoms with Gasteiger partial charge in [0.05, 0.1) is 0 Å². The minimum Gasteiger partial charge on any atom is -0.0776 e. The molecule has 0 nitrogen and oxygen atoms in total.